The van der Waals surface area contributed by atoms with Crippen LogP contribution < -0.4 is 0 Å². The van der Waals surface area contributed by atoms with Crippen molar-refractivity contribution in [3.05, 3.63) is 119 Å². The van der Waals surface area contributed by atoms with Crippen LogP contribution in [0.2, 0.25) is 0 Å². The molecular weight excluding hydrogens is 1750 g/mol. The topological polar surface area (TPSA) is 299 Å². The van der Waals surface area contributed by atoms with E-state index >= 15 is 0 Å². The monoisotopic (exact) mass is 1900 g/mol. The van der Waals surface area contributed by atoms with E-state index in [2.05, 4.69) is 27.7 Å². The molecule has 0 aromatic heterocycles. The van der Waals surface area contributed by atoms with Gasteiger partial charge in [-0.25, -0.2) is 33.7 Å². The zero-order chi connectivity index (χ0) is 84.5. The van der Waals surface area contributed by atoms with Gasteiger partial charge in [0.15, 0.2) is 0 Å². The number of unbranched alkanes of at least 4 members (excludes halogenated alkanes) is 36. The predicted molar refractivity (Wildman–Crippen MR) is 466 cm³/mol. The van der Waals surface area contributed by atoms with Crippen LogP contribution in [0.5, 0.6) is 0 Å². The van der Waals surface area contributed by atoms with Crippen molar-refractivity contribution in [2.24, 2.45) is 0 Å². The van der Waals surface area contributed by atoms with Crippen LogP contribution in [-0.2, 0) is 124 Å². The smallest absolute Gasteiger partial charge is 0.322 e. The second-order valence-corrected chi connectivity index (χ2v) is 40.3. The summed E-state index contributed by atoms with van der Waals surface area (Å²) in [5.74, 6) is -4.26. The largest absolute Gasteiger partial charge is 0.480 e. The maximum atomic E-state index is 12.8. The second-order valence-electron chi connectivity index (χ2n) is 32.8. The first-order chi connectivity index (χ1) is 55.9. The number of sulfonamides is 4. The van der Waals surface area contributed by atoms with Crippen LogP contribution in [0.4, 0.5) is 0 Å². The molecule has 4 aliphatic rings. The van der Waals surface area contributed by atoms with Crippen LogP contribution in [0, 0.1) is 0 Å². The van der Waals surface area contributed by atoms with Crippen molar-refractivity contribution in [2.45, 2.75) is 405 Å². The number of rotatable bonds is 56. The van der Waals surface area contributed by atoms with Crippen molar-refractivity contribution in [1.29, 1.82) is 0 Å². The summed E-state index contributed by atoms with van der Waals surface area (Å²) in [5.41, 5.74) is 4.55. The summed E-state index contributed by atoms with van der Waals surface area (Å²) < 4.78 is 107. The van der Waals surface area contributed by atoms with Gasteiger partial charge >= 0.3 is 23.9 Å². The van der Waals surface area contributed by atoms with Gasteiger partial charge in [-0.1, -0.05) is 307 Å². The van der Waals surface area contributed by atoms with Crippen molar-refractivity contribution >= 4 is 64.0 Å². The third kappa shape index (κ3) is 38.8. The maximum Gasteiger partial charge on any atom is 0.322 e. The first kappa shape index (κ1) is 108. The van der Waals surface area contributed by atoms with Gasteiger partial charge < -0.3 is 20.4 Å². The summed E-state index contributed by atoms with van der Waals surface area (Å²) in [5, 5.41) is 37.0. The summed E-state index contributed by atoms with van der Waals surface area (Å²) in [6.45, 7) is 10.1. The predicted octanol–water partition coefficient (Wildman–Crippen LogP) is 21.5. The van der Waals surface area contributed by atoms with E-state index in [-0.39, 0.29) is 84.7 Å². The van der Waals surface area contributed by atoms with E-state index in [0.717, 1.165) is 90.8 Å². The van der Waals surface area contributed by atoms with Gasteiger partial charge in [0.2, 0.25) is 40.1 Å². The van der Waals surface area contributed by atoms with Crippen LogP contribution in [0.25, 0.3) is 0 Å². The number of aliphatic carboxylic acids is 4. The molecular formula is C92H148N4O16Rh2S4. The Morgan fingerprint density at radius 3 is 0.517 bits per heavy atom. The molecule has 4 N–H and O–H groups in total. The molecule has 8 rings (SSSR count). The van der Waals surface area contributed by atoms with E-state index < -0.39 is 88.1 Å². The van der Waals surface area contributed by atoms with Gasteiger partial charge in [-0.05, 0) is 174 Å². The molecule has 0 amide bonds. The van der Waals surface area contributed by atoms with Crippen LogP contribution in [0.3, 0.4) is 0 Å². The van der Waals surface area contributed by atoms with E-state index in [1.807, 2.05) is 48.5 Å². The molecule has 4 unspecified atom stereocenters. The molecule has 4 aromatic carbocycles. The fraction of sp³-hybridized carbons (Fsp3) is 0.696. The molecule has 4 aromatic rings. The van der Waals surface area contributed by atoms with E-state index in [0.29, 0.717) is 51.4 Å². The Labute approximate surface area is 738 Å². The summed E-state index contributed by atoms with van der Waals surface area (Å²) in [4.78, 5) is 46.0. The number of hydrogen-bond donors (Lipinski definition) is 4. The van der Waals surface area contributed by atoms with Gasteiger partial charge in [0.25, 0.3) is 0 Å². The number of benzene rings is 4. The van der Waals surface area contributed by atoms with Gasteiger partial charge in [-0.3, -0.25) is 19.2 Å². The summed E-state index contributed by atoms with van der Waals surface area (Å²) in [7, 11) is -15.0. The minimum absolute atomic E-state index is 0. The first-order valence-corrected chi connectivity index (χ1v) is 51.0. The van der Waals surface area contributed by atoms with Crippen molar-refractivity contribution < 1.29 is 112 Å². The number of hydrogen-bond acceptors (Lipinski definition) is 12. The standard InChI is InChI=1S/4C23H37NO4S.2Rh/c4*1-2-3-4-5-6-7-8-9-10-11-13-20-15-17-21(18-16-20)29(27,28)24-19-12-14-22(24)23(25)26;;/h4*15-18,22H,2-14,19H2,1H3,(H,25,26);;. The molecule has 0 bridgehead atoms. The maximum absolute atomic E-state index is 12.8. The number of nitrogens with zero attached hydrogens (tertiary/aromatic N) is 4. The Bertz CT molecular complexity index is 3380. The van der Waals surface area contributed by atoms with Crippen LogP contribution in [0.15, 0.2) is 117 Å². The molecule has 0 saturated carbocycles. The molecule has 4 fully saturated rings. The Balaban J connectivity index is 0.000000404. The third-order valence-electron chi connectivity index (χ3n) is 23.4. The summed E-state index contributed by atoms with van der Waals surface area (Å²) >= 11 is 0. The average molecular weight is 1900 g/mol. The fourth-order valence-corrected chi connectivity index (χ4v) is 22.8. The third-order valence-corrected chi connectivity index (χ3v) is 31.0. The summed E-state index contributed by atoms with van der Waals surface area (Å²) in [6.07, 6.45) is 59.7. The zero-order valence-electron chi connectivity index (χ0n) is 71.9. The quantitative estimate of drug-likeness (QED) is 0.0236. The Hall–Kier alpha value is -4.35. The van der Waals surface area contributed by atoms with E-state index in [4.69, 9.17) is 0 Å². The zero-order valence-corrected chi connectivity index (χ0v) is 78.5. The SMILES string of the molecule is CCCCCCCCCCCCc1ccc(S(=O)(=O)N2CCCC2C(=O)O)cc1.CCCCCCCCCCCCc1ccc(S(=O)(=O)N2CCCC2C(=O)O)cc1.CCCCCCCCCCCCc1ccc(S(=O)(=O)N2CCCC2C(=O)O)cc1.CCCCCCCCCCCCc1ccc(S(=O)(=O)N2CCCC2C(=O)O)cc1.[Rh].[Rh]. The number of aryl methyl sites for hydroxylation is 4. The molecule has 26 heteroatoms. The van der Waals surface area contributed by atoms with E-state index in [9.17, 15) is 73.3 Å². The minimum atomic E-state index is -3.74. The number of carboxylic acid groups (broad SMARTS) is 4. The average Bonchev–Trinajstić information content (AvgIpc) is 1.57. The number of carbonyl (C=O) groups is 4. The molecule has 118 heavy (non-hydrogen) atoms. The molecule has 4 aliphatic heterocycles. The minimum Gasteiger partial charge on any atom is -0.480 e. The van der Waals surface area contributed by atoms with Gasteiger partial charge in [0.1, 0.15) is 24.2 Å². The van der Waals surface area contributed by atoms with Crippen LogP contribution in [0.1, 0.15) is 358 Å². The molecule has 4 atom stereocenters. The van der Waals surface area contributed by atoms with Crippen molar-refractivity contribution in [1.82, 2.24) is 17.2 Å². The fourth-order valence-electron chi connectivity index (χ4n) is 16.2. The van der Waals surface area contributed by atoms with Gasteiger partial charge in [-0.2, -0.15) is 17.2 Å². The molecule has 20 nitrogen and oxygen atoms in total. The Morgan fingerprint density at radius 1 is 0.246 bits per heavy atom. The summed E-state index contributed by atoms with van der Waals surface area (Å²) in [6, 6.07) is 24.2. The molecule has 2 radical (unpaired) electrons. The number of carboxylic acids is 4. The normalized spacial score (nSPS) is 17.3. The Kier molecular flexibility index (Phi) is 55.8. The van der Waals surface area contributed by atoms with Crippen molar-refractivity contribution in [2.75, 3.05) is 26.2 Å². The van der Waals surface area contributed by atoms with Gasteiger partial charge in [-0.15, -0.1) is 0 Å². The molecule has 4 saturated heterocycles. The molecule has 0 spiro atoms. The molecule has 4 heterocycles. The van der Waals surface area contributed by atoms with Crippen molar-refractivity contribution in [3.63, 3.8) is 0 Å². The van der Waals surface area contributed by atoms with E-state index in [1.165, 1.54) is 231 Å². The van der Waals surface area contributed by atoms with Crippen LogP contribution in [-0.4, -0.2) is 146 Å². The van der Waals surface area contributed by atoms with Crippen molar-refractivity contribution in [3.8, 4) is 0 Å². The second kappa shape index (κ2) is 61.1. The van der Waals surface area contributed by atoms with Gasteiger partial charge in [0, 0.05) is 65.1 Å². The van der Waals surface area contributed by atoms with E-state index in [1.54, 1.807) is 48.5 Å². The molecule has 674 valence electrons. The van der Waals surface area contributed by atoms with Crippen LogP contribution >= 0.6 is 0 Å². The molecule has 0 aliphatic carbocycles. The van der Waals surface area contributed by atoms with Gasteiger partial charge in [0.05, 0.1) is 19.6 Å². The Morgan fingerprint density at radius 2 is 0.381 bits per heavy atom. The first-order valence-electron chi connectivity index (χ1n) is 45.2.